The highest BCUT2D eigenvalue weighted by Gasteiger charge is 2.67. The van der Waals surface area contributed by atoms with E-state index in [0.717, 1.165) is 10.1 Å². The molecule has 2 aliphatic carbocycles. The van der Waals surface area contributed by atoms with E-state index in [1.807, 2.05) is 13.0 Å². The van der Waals surface area contributed by atoms with E-state index >= 15 is 0 Å². The average Bonchev–Trinajstić information content (AvgIpc) is 3.08. The van der Waals surface area contributed by atoms with Crippen LogP contribution in [0.4, 0.5) is 0 Å². The molecule has 9 heteroatoms. The number of ketones is 2. The van der Waals surface area contributed by atoms with Crippen molar-refractivity contribution in [3.8, 4) is 11.5 Å². The van der Waals surface area contributed by atoms with E-state index in [-0.39, 0.29) is 36.0 Å². The Morgan fingerprint density at radius 1 is 1.06 bits per heavy atom. The van der Waals surface area contributed by atoms with Crippen LogP contribution >= 0.6 is 0 Å². The van der Waals surface area contributed by atoms with Gasteiger partial charge in [0.25, 0.3) is 0 Å². The zero-order valence-corrected chi connectivity index (χ0v) is 21.4. The second kappa shape index (κ2) is 7.69. The smallest absolute Gasteiger partial charge is 0.347 e. The molecule has 0 bridgehead atoms. The first-order valence-electron chi connectivity index (χ1n) is 12.2. The first kappa shape index (κ1) is 24.1. The summed E-state index contributed by atoms with van der Waals surface area (Å²) in [5.74, 6) is -0.851. The number of allylic oxidation sites excluding steroid dienone is 4. The Bertz CT molecular complexity index is 1520. The molecule has 4 atom stereocenters. The van der Waals surface area contributed by atoms with Crippen molar-refractivity contribution < 1.29 is 19.4 Å². The van der Waals surface area contributed by atoms with Crippen molar-refractivity contribution in [2.24, 2.45) is 17.9 Å². The molecule has 0 unspecified atom stereocenters. The molecule has 0 amide bonds. The van der Waals surface area contributed by atoms with Crippen LogP contribution in [0.2, 0.25) is 0 Å². The molecule has 0 spiro atoms. The minimum absolute atomic E-state index is 0.0953. The summed E-state index contributed by atoms with van der Waals surface area (Å²) in [5, 5.41) is 11.3. The summed E-state index contributed by atoms with van der Waals surface area (Å²) in [5.41, 5.74) is -1.34. The number of carbonyl (C=O) groups excluding carboxylic acids is 2. The van der Waals surface area contributed by atoms with Crippen LogP contribution < -0.4 is 16.1 Å². The van der Waals surface area contributed by atoms with Gasteiger partial charge in [-0.2, -0.15) is 0 Å². The lowest BCUT2D eigenvalue weighted by Crippen LogP contribution is -2.61. The van der Waals surface area contributed by atoms with Gasteiger partial charge < -0.3 is 9.84 Å². The Kier molecular flexibility index (Phi) is 5.14. The summed E-state index contributed by atoms with van der Waals surface area (Å²) in [7, 11) is 1.43. The van der Waals surface area contributed by atoms with E-state index in [9.17, 15) is 24.3 Å². The maximum atomic E-state index is 14.1. The van der Waals surface area contributed by atoms with E-state index in [1.165, 1.54) is 16.4 Å². The summed E-state index contributed by atoms with van der Waals surface area (Å²) in [4.78, 5) is 54.0. The highest BCUT2D eigenvalue weighted by Crippen LogP contribution is 2.67. The van der Waals surface area contributed by atoms with Crippen molar-refractivity contribution in [1.82, 2.24) is 13.9 Å². The molecule has 1 N–H and O–H groups in total. The fourth-order valence-corrected chi connectivity index (χ4v) is 6.69. The Balaban J connectivity index is 1.86. The molecule has 1 aromatic heterocycles. The number of fused-ring (bicyclic) bond motifs is 4. The van der Waals surface area contributed by atoms with Crippen LogP contribution in [0.5, 0.6) is 11.5 Å². The lowest BCUT2D eigenvalue weighted by molar-refractivity contribution is -0.151. The number of phenols is 1. The van der Waals surface area contributed by atoms with Crippen LogP contribution in [0.1, 0.15) is 58.6 Å². The number of carbonyl (C=O) groups is 2. The summed E-state index contributed by atoms with van der Waals surface area (Å²) in [6, 6.07) is 4.51. The number of Topliss-reactive ketones (excluding diaryl/α,β-unsaturated/α-hetero) is 2. The maximum Gasteiger partial charge on any atom is 0.347 e. The SMILES string of the molecule is CCOc1cccc([C@H]2C3=CCn4c(=O)n(C)c(=O)n4[C@@H]3C[C@@]3(C)C(=O)C(C)=C(C)C(=O)[C@@]23C)c1O. The number of hydrogen-bond acceptors (Lipinski definition) is 6. The van der Waals surface area contributed by atoms with E-state index < -0.39 is 34.2 Å². The largest absolute Gasteiger partial charge is 0.504 e. The molecule has 1 aromatic carbocycles. The van der Waals surface area contributed by atoms with Crippen LogP contribution in [0.25, 0.3) is 0 Å². The third-order valence-corrected chi connectivity index (χ3v) is 8.95. The molecule has 36 heavy (non-hydrogen) atoms. The van der Waals surface area contributed by atoms with E-state index in [1.54, 1.807) is 45.9 Å². The molecule has 9 nitrogen and oxygen atoms in total. The number of nitrogens with zero attached hydrogens (tertiary/aromatic N) is 3. The van der Waals surface area contributed by atoms with Crippen molar-refractivity contribution >= 4 is 11.6 Å². The van der Waals surface area contributed by atoms with Crippen LogP contribution in [0, 0.1) is 10.8 Å². The third kappa shape index (κ3) is 2.71. The van der Waals surface area contributed by atoms with Gasteiger partial charge >= 0.3 is 11.4 Å². The summed E-state index contributed by atoms with van der Waals surface area (Å²) in [6.45, 7) is 9.22. The second-order valence-corrected chi connectivity index (χ2v) is 10.5. The van der Waals surface area contributed by atoms with Crippen molar-refractivity contribution in [2.75, 3.05) is 6.61 Å². The topological polar surface area (TPSA) is 113 Å². The average molecular weight is 494 g/mol. The summed E-state index contributed by atoms with van der Waals surface area (Å²) in [6.07, 6.45) is 2.04. The minimum Gasteiger partial charge on any atom is -0.504 e. The lowest BCUT2D eigenvalue weighted by Gasteiger charge is -2.58. The fourth-order valence-electron chi connectivity index (χ4n) is 6.69. The van der Waals surface area contributed by atoms with Gasteiger partial charge in [0.05, 0.1) is 24.6 Å². The number of ether oxygens (including phenoxy) is 1. The van der Waals surface area contributed by atoms with Gasteiger partial charge in [0.1, 0.15) is 0 Å². The van der Waals surface area contributed by atoms with E-state index in [2.05, 4.69) is 0 Å². The minimum atomic E-state index is -1.24. The van der Waals surface area contributed by atoms with Crippen molar-refractivity contribution in [3.05, 3.63) is 67.5 Å². The molecule has 1 saturated carbocycles. The number of phenolic OH excluding ortho intramolecular Hbond substituents is 1. The summed E-state index contributed by atoms with van der Waals surface area (Å²) >= 11 is 0. The Morgan fingerprint density at radius 2 is 1.72 bits per heavy atom. The van der Waals surface area contributed by atoms with Crippen molar-refractivity contribution in [1.29, 1.82) is 0 Å². The van der Waals surface area contributed by atoms with Crippen LogP contribution in [0.15, 0.2) is 50.6 Å². The molecule has 1 fully saturated rings. The monoisotopic (exact) mass is 493 g/mol. The molecule has 190 valence electrons. The van der Waals surface area contributed by atoms with Gasteiger partial charge in [-0.1, -0.05) is 32.1 Å². The van der Waals surface area contributed by atoms with E-state index in [0.29, 0.717) is 23.3 Å². The van der Waals surface area contributed by atoms with Crippen LogP contribution in [-0.4, -0.2) is 37.2 Å². The molecule has 2 heterocycles. The lowest BCUT2D eigenvalue weighted by atomic mass is 9.43. The second-order valence-electron chi connectivity index (χ2n) is 10.5. The first-order valence-corrected chi connectivity index (χ1v) is 12.2. The molecule has 5 rings (SSSR count). The van der Waals surface area contributed by atoms with Gasteiger partial charge in [-0.25, -0.2) is 23.5 Å². The highest BCUT2D eigenvalue weighted by atomic mass is 16.5. The molecule has 0 radical (unpaired) electrons. The predicted octanol–water partition coefficient (Wildman–Crippen LogP) is 2.62. The number of aromatic hydroxyl groups is 1. The van der Waals surface area contributed by atoms with Crippen molar-refractivity contribution in [3.63, 3.8) is 0 Å². The third-order valence-electron chi connectivity index (χ3n) is 8.95. The molecule has 3 aliphatic rings. The Labute approximate surface area is 208 Å². The number of benzene rings is 1. The van der Waals surface area contributed by atoms with Gasteiger partial charge in [-0.05, 0) is 50.0 Å². The van der Waals surface area contributed by atoms with Gasteiger partial charge in [0.15, 0.2) is 23.1 Å². The number of aromatic nitrogens is 3. The number of rotatable bonds is 3. The number of para-hydroxylation sites is 1. The highest BCUT2D eigenvalue weighted by molar-refractivity contribution is 6.17. The number of hydrogen-bond donors (Lipinski definition) is 1. The quantitative estimate of drug-likeness (QED) is 0.658. The Morgan fingerprint density at radius 3 is 2.39 bits per heavy atom. The first-order chi connectivity index (χ1) is 16.9. The van der Waals surface area contributed by atoms with Crippen LogP contribution in [-0.2, 0) is 23.2 Å². The predicted molar refractivity (Wildman–Crippen MR) is 132 cm³/mol. The zero-order chi connectivity index (χ0) is 26.3. The van der Waals surface area contributed by atoms with Gasteiger partial charge in [0.2, 0.25) is 0 Å². The van der Waals surface area contributed by atoms with Crippen molar-refractivity contribution in [2.45, 2.75) is 59.5 Å². The molecular formula is C27H31N3O6. The summed E-state index contributed by atoms with van der Waals surface area (Å²) < 4.78 is 9.49. The zero-order valence-electron chi connectivity index (χ0n) is 21.4. The maximum absolute atomic E-state index is 14.1. The van der Waals surface area contributed by atoms with Gasteiger partial charge in [-0.3, -0.25) is 9.59 Å². The van der Waals surface area contributed by atoms with E-state index in [4.69, 9.17) is 4.74 Å². The molecule has 1 aliphatic heterocycles. The van der Waals surface area contributed by atoms with Gasteiger partial charge in [-0.15, -0.1) is 0 Å². The fraction of sp³-hybridized carbons (Fsp3) is 0.481. The van der Waals surface area contributed by atoms with Gasteiger partial charge in [0, 0.05) is 23.9 Å². The molecule has 2 aromatic rings. The molecular weight excluding hydrogens is 462 g/mol. The molecule has 0 saturated heterocycles. The Hall–Kier alpha value is -3.62. The normalized spacial score (nSPS) is 29.4. The standard InChI is InChI=1S/C27H31N3O6/c1-7-36-19-10-8-9-17(21(19)31)20-16-11-12-29-24(34)28(6)25(35)30(29)18(16)13-26(4)22(32)14(2)15(3)23(33)27(20,26)5/h8-11,18,20,31H,7,12-13H2,1-6H3/t18-,20-,26+,27-/m1/s1. The van der Waals surface area contributed by atoms with Crippen LogP contribution in [0.3, 0.4) is 0 Å².